The van der Waals surface area contributed by atoms with Crippen molar-refractivity contribution in [2.24, 2.45) is 0 Å². The number of aromatic nitrogens is 2. The molecule has 0 aliphatic carbocycles. The highest BCUT2D eigenvalue weighted by molar-refractivity contribution is 7.79. The molecule has 1 heterocycles. The van der Waals surface area contributed by atoms with E-state index in [0.29, 0.717) is 22.5 Å². The van der Waals surface area contributed by atoms with Gasteiger partial charge in [-0.25, -0.2) is 18.6 Å². The molecule has 0 saturated heterocycles. The Morgan fingerprint density at radius 1 is 1.21 bits per heavy atom. The molecule has 0 amide bonds. The van der Waals surface area contributed by atoms with Crippen molar-refractivity contribution in [1.82, 2.24) is 9.97 Å². The molecule has 33 heavy (non-hydrogen) atoms. The molecule has 0 bridgehead atoms. The average Bonchev–Trinajstić information content (AvgIpc) is 2.71. The van der Waals surface area contributed by atoms with Crippen LogP contribution in [0.25, 0.3) is 17.3 Å². The van der Waals surface area contributed by atoms with E-state index in [2.05, 4.69) is 9.97 Å². The summed E-state index contributed by atoms with van der Waals surface area (Å²) in [7, 11) is 1.57. The van der Waals surface area contributed by atoms with E-state index in [0.717, 1.165) is 0 Å². The Kier molecular flexibility index (Phi) is 9.59. The van der Waals surface area contributed by atoms with E-state index >= 15 is 0 Å². The van der Waals surface area contributed by atoms with Crippen molar-refractivity contribution in [3.63, 3.8) is 0 Å². The fourth-order valence-electron chi connectivity index (χ4n) is 3.15. The highest BCUT2D eigenvalue weighted by Crippen LogP contribution is 2.31. The number of aliphatic hydroxyl groups is 2. The zero-order valence-corrected chi connectivity index (χ0v) is 19.4. The number of carboxylic acid groups (broad SMARTS) is 1. The van der Waals surface area contributed by atoms with Crippen molar-refractivity contribution in [2.75, 3.05) is 17.8 Å². The average molecular weight is 482 g/mol. The van der Waals surface area contributed by atoms with Gasteiger partial charge in [0.25, 0.3) is 0 Å². The molecule has 1 aromatic heterocycles. The Morgan fingerprint density at radius 2 is 1.85 bits per heavy atom. The number of carbonyl (C=O) groups is 1. The van der Waals surface area contributed by atoms with Crippen molar-refractivity contribution < 1.29 is 33.3 Å². The third kappa shape index (κ3) is 7.97. The predicted molar refractivity (Wildman–Crippen MR) is 123 cm³/mol. The molecule has 0 fully saturated rings. The van der Waals surface area contributed by atoms with Crippen LogP contribution in [0.15, 0.2) is 30.3 Å². The third-order valence-corrected chi connectivity index (χ3v) is 5.29. The van der Waals surface area contributed by atoms with Gasteiger partial charge in [-0.05, 0) is 30.2 Å². The number of hydrogen-bond donors (Lipinski definition) is 4. The Labute approximate surface area is 193 Å². The van der Waals surface area contributed by atoms with Crippen LogP contribution in [-0.4, -0.2) is 65.2 Å². The number of anilines is 1. The third-order valence-electron chi connectivity index (χ3n) is 4.68. The van der Waals surface area contributed by atoms with Crippen LogP contribution in [0.4, 0.5) is 10.3 Å². The highest BCUT2D eigenvalue weighted by Gasteiger charge is 2.20. The predicted octanol–water partition coefficient (Wildman–Crippen LogP) is 2.62. The van der Waals surface area contributed by atoms with Crippen LogP contribution in [-0.2, 0) is 15.9 Å². The van der Waals surface area contributed by atoms with Gasteiger partial charge in [-0.2, -0.15) is 0 Å². The molecule has 0 spiro atoms. The zero-order chi connectivity index (χ0) is 24.7. The zero-order valence-electron chi connectivity index (χ0n) is 18.6. The maximum atomic E-state index is 13.5. The van der Waals surface area contributed by atoms with Crippen molar-refractivity contribution in [3.05, 3.63) is 47.4 Å². The second-order valence-corrected chi connectivity index (χ2v) is 8.80. The van der Waals surface area contributed by atoms with Gasteiger partial charge in [0.05, 0.1) is 30.0 Å². The topological polar surface area (TPSA) is 144 Å². The van der Waals surface area contributed by atoms with E-state index in [-0.39, 0.29) is 24.2 Å². The van der Waals surface area contributed by atoms with Crippen LogP contribution < -0.4 is 4.90 Å². The molecule has 180 valence electrons. The van der Waals surface area contributed by atoms with E-state index in [1.54, 1.807) is 25.3 Å². The lowest BCUT2D eigenvalue weighted by atomic mass is 9.97. The van der Waals surface area contributed by atoms with E-state index < -0.39 is 41.5 Å². The number of halogens is 1. The molecule has 1 unspecified atom stereocenters. The summed E-state index contributed by atoms with van der Waals surface area (Å²) in [4.78, 5) is 21.2. The SMILES string of the molecule is CC(C)c1nc(N(C)CS(=O)O)nc(-c2ccc(F)cc2)c1C=C[C@@H](O)C[C@@H](O)CC(=O)O. The summed E-state index contributed by atoms with van der Waals surface area (Å²) in [6, 6.07) is 5.65. The first kappa shape index (κ1) is 26.5. The van der Waals surface area contributed by atoms with E-state index in [1.165, 1.54) is 23.1 Å². The number of nitrogens with zero attached hydrogens (tertiary/aromatic N) is 3. The first-order valence-electron chi connectivity index (χ1n) is 10.2. The van der Waals surface area contributed by atoms with Gasteiger partial charge >= 0.3 is 5.97 Å². The van der Waals surface area contributed by atoms with Crippen molar-refractivity contribution in [1.29, 1.82) is 0 Å². The molecule has 1 aromatic carbocycles. The molecule has 9 nitrogen and oxygen atoms in total. The van der Waals surface area contributed by atoms with Gasteiger partial charge in [-0.1, -0.05) is 26.0 Å². The Morgan fingerprint density at radius 3 is 2.39 bits per heavy atom. The lowest BCUT2D eigenvalue weighted by molar-refractivity contribution is -0.139. The van der Waals surface area contributed by atoms with Gasteiger partial charge in [0.15, 0.2) is 11.1 Å². The molecule has 0 radical (unpaired) electrons. The molecule has 0 aliphatic rings. The monoisotopic (exact) mass is 481 g/mol. The normalized spacial score (nSPS) is 14.4. The summed E-state index contributed by atoms with van der Waals surface area (Å²) in [6.45, 7) is 3.80. The van der Waals surface area contributed by atoms with Gasteiger partial charge in [0.1, 0.15) is 11.7 Å². The Hall–Kier alpha value is -2.73. The van der Waals surface area contributed by atoms with Crippen LogP contribution in [0.1, 0.15) is 43.9 Å². The molecule has 3 atom stereocenters. The fourth-order valence-corrected chi connectivity index (χ4v) is 3.60. The molecule has 11 heteroatoms. The minimum Gasteiger partial charge on any atom is -0.481 e. The van der Waals surface area contributed by atoms with Crippen LogP contribution in [0, 0.1) is 5.82 Å². The maximum Gasteiger partial charge on any atom is 0.305 e. The van der Waals surface area contributed by atoms with Crippen LogP contribution >= 0.6 is 0 Å². The van der Waals surface area contributed by atoms with Gasteiger partial charge in [0.2, 0.25) is 5.95 Å². The lowest BCUT2D eigenvalue weighted by Crippen LogP contribution is -2.25. The van der Waals surface area contributed by atoms with Gasteiger partial charge in [-0.3, -0.25) is 4.79 Å². The minimum atomic E-state index is -2.11. The quantitative estimate of drug-likeness (QED) is 0.356. The largest absolute Gasteiger partial charge is 0.481 e. The Bertz CT molecular complexity index is 1020. The molecule has 2 aromatic rings. The number of aliphatic hydroxyl groups excluding tert-OH is 2. The summed E-state index contributed by atoms with van der Waals surface area (Å²) >= 11 is -2.11. The first-order chi connectivity index (χ1) is 15.5. The summed E-state index contributed by atoms with van der Waals surface area (Å²) in [6.07, 6.45) is -0.00110. The Balaban J connectivity index is 2.55. The smallest absolute Gasteiger partial charge is 0.305 e. The summed E-state index contributed by atoms with van der Waals surface area (Å²) < 4.78 is 34.0. The van der Waals surface area contributed by atoms with Crippen molar-refractivity contribution in [3.8, 4) is 11.3 Å². The molecular weight excluding hydrogens is 453 g/mol. The maximum absolute atomic E-state index is 13.5. The first-order valence-corrected chi connectivity index (χ1v) is 11.5. The van der Waals surface area contributed by atoms with E-state index in [4.69, 9.17) is 5.11 Å². The molecular formula is C22H28FN3O6S. The molecule has 2 rings (SSSR count). The van der Waals surface area contributed by atoms with Crippen molar-refractivity contribution >= 4 is 29.1 Å². The highest BCUT2D eigenvalue weighted by atomic mass is 32.2. The van der Waals surface area contributed by atoms with Gasteiger partial charge < -0.3 is 24.8 Å². The fraction of sp³-hybridized carbons (Fsp3) is 0.409. The number of hydrogen-bond acceptors (Lipinski definition) is 7. The van der Waals surface area contributed by atoms with Gasteiger partial charge in [0, 0.05) is 24.6 Å². The lowest BCUT2D eigenvalue weighted by Gasteiger charge is -2.21. The summed E-state index contributed by atoms with van der Waals surface area (Å²) in [5.41, 5.74) is 2.13. The van der Waals surface area contributed by atoms with Crippen LogP contribution in [0.5, 0.6) is 0 Å². The number of carboxylic acids is 1. The number of aliphatic carboxylic acids is 1. The van der Waals surface area contributed by atoms with Crippen molar-refractivity contribution in [2.45, 2.75) is 44.8 Å². The minimum absolute atomic E-state index is 0.103. The van der Waals surface area contributed by atoms with Crippen LogP contribution in [0.2, 0.25) is 0 Å². The molecule has 0 aliphatic heterocycles. The second-order valence-electron chi connectivity index (χ2n) is 7.90. The molecule has 4 N–H and O–H groups in total. The molecule has 0 saturated carbocycles. The summed E-state index contributed by atoms with van der Waals surface area (Å²) in [5, 5.41) is 28.8. The van der Waals surface area contributed by atoms with E-state index in [9.17, 15) is 28.2 Å². The van der Waals surface area contributed by atoms with Crippen LogP contribution in [0.3, 0.4) is 0 Å². The number of rotatable bonds is 11. The van der Waals surface area contributed by atoms with Gasteiger partial charge in [-0.15, -0.1) is 0 Å². The summed E-state index contributed by atoms with van der Waals surface area (Å²) in [5.74, 6) is -1.71. The van der Waals surface area contributed by atoms with E-state index in [1.807, 2.05) is 13.8 Å². The second kappa shape index (κ2) is 11.9. The number of benzene rings is 1. The standard InChI is InChI=1S/C22H28FN3O6S/c1-13(2)20-18(9-8-16(27)10-17(28)11-19(29)30)21(14-4-6-15(23)7-5-14)25-22(24-20)26(3)12-33(31)32/h4-9,13,16-17,27-28H,10-12H2,1-3H3,(H,29,30)(H,31,32)/t16-,17-/m1/s1.